The van der Waals surface area contributed by atoms with Gasteiger partial charge < -0.3 is 9.64 Å². The zero-order chi connectivity index (χ0) is 14.0. The van der Waals surface area contributed by atoms with Crippen LogP contribution in [0, 0.1) is 0 Å². The first-order chi connectivity index (χ1) is 8.87. The lowest BCUT2D eigenvalue weighted by Crippen LogP contribution is -2.37. The van der Waals surface area contributed by atoms with Gasteiger partial charge in [-0.05, 0) is 6.92 Å². The third-order valence-corrected chi connectivity index (χ3v) is 2.77. The van der Waals surface area contributed by atoms with Crippen molar-refractivity contribution in [3.8, 4) is 0 Å². The molecule has 0 aliphatic carbocycles. The molecule has 1 fully saturated rings. The van der Waals surface area contributed by atoms with E-state index in [9.17, 15) is 18.0 Å². The molecule has 0 aromatic carbocycles. The Balaban J connectivity index is 2.27. The third-order valence-electron chi connectivity index (χ3n) is 2.77. The summed E-state index contributed by atoms with van der Waals surface area (Å²) in [5.74, 6) is 0.00923. The number of carbonyl (C=O) groups excluding carboxylic acids is 1. The average molecular weight is 277 g/mol. The molecule has 0 bridgehead atoms. The van der Waals surface area contributed by atoms with Gasteiger partial charge in [0.25, 0.3) is 0 Å². The number of ketones is 1. The fourth-order valence-corrected chi connectivity index (χ4v) is 1.93. The molecule has 0 amide bonds. The van der Waals surface area contributed by atoms with Gasteiger partial charge >= 0.3 is 6.18 Å². The van der Waals surface area contributed by atoms with Crippen molar-refractivity contribution in [2.24, 2.45) is 0 Å². The molecule has 0 unspecified atom stereocenters. The Hall–Kier alpha value is -1.57. The molecule has 2 heterocycles. The lowest BCUT2D eigenvalue weighted by molar-refractivity contribution is -0.142. The number of Topliss-reactive ketones (excluding diaryl/α,β-unsaturated/α-hetero) is 1. The molecule has 0 N–H and O–H groups in total. The maximum absolute atomic E-state index is 12.3. The van der Waals surface area contributed by atoms with E-state index in [0.717, 1.165) is 10.9 Å². The zero-order valence-corrected chi connectivity index (χ0v) is 10.4. The van der Waals surface area contributed by atoms with E-state index in [0.29, 0.717) is 32.1 Å². The Morgan fingerprint density at radius 1 is 1.42 bits per heavy atom. The first-order valence-electron chi connectivity index (χ1n) is 5.84. The molecule has 106 valence electrons. The summed E-state index contributed by atoms with van der Waals surface area (Å²) in [6.45, 7) is 2.11. The number of halogens is 3. The van der Waals surface area contributed by atoms with Gasteiger partial charge in [-0.1, -0.05) is 0 Å². The number of nitrogens with zero attached hydrogens (tertiary/aromatic N) is 3. The summed E-state index contributed by atoms with van der Waals surface area (Å²) in [4.78, 5) is 13.3. The third kappa shape index (κ3) is 3.46. The number of ether oxygens (including phenoxy) is 1. The SMILES string of the molecule is CC(=O)c1cn(CC(F)(F)F)nc1N1CCOCC1. The number of aromatic nitrogens is 2. The van der Waals surface area contributed by atoms with Gasteiger partial charge in [-0.3, -0.25) is 9.48 Å². The van der Waals surface area contributed by atoms with Crippen molar-refractivity contribution in [2.45, 2.75) is 19.6 Å². The maximum atomic E-state index is 12.3. The van der Waals surface area contributed by atoms with Gasteiger partial charge in [-0.2, -0.15) is 18.3 Å². The predicted molar refractivity (Wildman–Crippen MR) is 61.3 cm³/mol. The smallest absolute Gasteiger partial charge is 0.378 e. The van der Waals surface area contributed by atoms with Crippen molar-refractivity contribution in [1.29, 1.82) is 0 Å². The van der Waals surface area contributed by atoms with Crippen LogP contribution in [0.25, 0.3) is 0 Å². The average Bonchev–Trinajstić information content (AvgIpc) is 2.72. The molecule has 5 nitrogen and oxygen atoms in total. The van der Waals surface area contributed by atoms with Crippen LogP contribution in [0.15, 0.2) is 6.20 Å². The fourth-order valence-electron chi connectivity index (χ4n) is 1.93. The molecule has 2 rings (SSSR count). The lowest BCUT2D eigenvalue weighted by atomic mass is 10.2. The van der Waals surface area contributed by atoms with Crippen molar-refractivity contribution in [3.63, 3.8) is 0 Å². The second-order valence-electron chi connectivity index (χ2n) is 4.33. The van der Waals surface area contributed by atoms with Crippen molar-refractivity contribution in [3.05, 3.63) is 11.8 Å². The number of alkyl halides is 3. The molecule has 0 radical (unpaired) electrons. The van der Waals surface area contributed by atoms with Gasteiger partial charge in [0.2, 0.25) is 0 Å². The minimum atomic E-state index is -4.36. The van der Waals surface area contributed by atoms with E-state index in [-0.39, 0.29) is 11.3 Å². The summed E-state index contributed by atoms with van der Waals surface area (Å²) in [5.41, 5.74) is 0.214. The Bertz CT molecular complexity index is 464. The number of hydrogen-bond donors (Lipinski definition) is 0. The standard InChI is InChI=1S/C11H14F3N3O2/c1-8(18)9-6-17(7-11(12,13)14)15-10(9)16-2-4-19-5-3-16/h6H,2-5,7H2,1H3. The quantitative estimate of drug-likeness (QED) is 0.785. The highest BCUT2D eigenvalue weighted by Gasteiger charge is 2.30. The van der Waals surface area contributed by atoms with Crippen LogP contribution < -0.4 is 4.90 Å². The molecule has 19 heavy (non-hydrogen) atoms. The van der Waals surface area contributed by atoms with Gasteiger partial charge in [-0.15, -0.1) is 0 Å². The molecule has 8 heteroatoms. The number of morpholine rings is 1. The van der Waals surface area contributed by atoms with Crippen LogP contribution in [-0.4, -0.2) is 48.0 Å². The van der Waals surface area contributed by atoms with E-state index in [4.69, 9.17) is 4.74 Å². The number of rotatable bonds is 3. The van der Waals surface area contributed by atoms with Gasteiger partial charge in [0, 0.05) is 19.3 Å². The first-order valence-corrected chi connectivity index (χ1v) is 5.84. The second-order valence-corrected chi connectivity index (χ2v) is 4.33. The monoisotopic (exact) mass is 277 g/mol. The lowest BCUT2D eigenvalue weighted by Gasteiger charge is -2.27. The van der Waals surface area contributed by atoms with Gasteiger partial charge in [0.1, 0.15) is 6.54 Å². The van der Waals surface area contributed by atoms with E-state index >= 15 is 0 Å². The predicted octanol–water partition coefficient (Wildman–Crippen LogP) is 1.48. The summed E-state index contributed by atoms with van der Waals surface area (Å²) in [5, 5.41) is 3.89. The second kappa shape index (κ2) is 5.20. The van der Waals surface area contributed by atoms with Crippen LogP contribution >= 0.6 is 0 Å². The molecule has 1 aromatic rings. The molecule has 1 aromatic heterocycles. The molecule has 1 aliphatic heterocycles. The molecule has 0 spiro atoms. The molecular formula is C11H14F3N3O2. The Kier molecular flexibility index (Phi) is 3.79. The van der Waals surface area contributed by atoms with Gasteiger partial charge in [0.15, 0.2) is 11.6 Å². The minimum Gasteiger partial charge on any atom is -0.378 e. The van der Waals surface area contributed by atoms with Crippen LogP contribution in [0.5, 0.6) is 0 Å². The van der Waals surface area contributed by atoms with Crippen molar-refractivity contribution in [1.82, 2.24) is 9.78 Å². The van der Waals surface area contributed by atoms with Gasteiger partial charge in [0.05, 0.1) is 18.8 Å². The van der Waals surface area contributed by atoms with Crippen LogP contribution in [0.2, 0.25) is 0 Å². The van der Waals surface area contributed by atoms with E-state index in [1.807, 2.05) is 0 Å². The van der Waals surface area contributed by atoms with Gasteiger partial charge in [-0.25, -0.2) is 0 Å². The number of anilines is 1. The highest BCUT2D eigenvalue weighted by molar-refractivity contribution is 5.98. The molecular weight excluding hydrogens is 263 g/mol. The molecule has 1 saturated heterocycles. The summed E-state index contributed by atoms with van der Waals surface area (Å²) in [6, 6.07) is 0. The topological polar surface area (TPSA) is 47.4 Å². The fraction of sp³-hybridized carbons (Fsp3) is 0.636. The summed E-state index contributed by atoms with van der Waals surface area (Å²) < 4.78 is 43.0. The van der Waals surface area contributed by atoms with Crippen LogP contribution in [0.4, 0.5) is 19.0 Å². The highest BCUT2D eigenvalue weighted by Crippen LogP contribution is 2.23. The van der Waals surface area contributed by atoms with Crippen LogP contribution in [0.1, 0.15) is 17.3 Å². The largest absolute Gasteiger partial charge is 0.408 e. The first kappa shape index (κ1) is 13.9. The van der Waals surface area contributed by atoms with Crippen molar-refractivity contribution >= 4 is 11.6 Å². The number of carbonyl (C=O) groups is 1. The van der Waals surface area contributed by atoms with E-state index < -0.39 is 12.7 Å². The zero-order valence-electron chi connectivity index (χ0n) is 10.4. The maximum Gasteiger partial charge on any atom is 0.408 e. The Morgan fingerprint density at radius 2 is 2.05 bits per heavy atom. The minimum absolute atomic E-state index is 0.214. The summed E-state index contributed by atoms with van der Waals surface area (Å²) in [7, 11) is 0. The van der Waals surface area contributed by atoms with Crippen LogP contribution in [0.3, 0.4) is 0 Å². The van der Waals surface area contributed by atoms with E-state index in [2.05, 4.69) is 5.10 Å². The summed E-state index contributed by atoms with van der Waals surface area (Å²) in [6.07, 6.45) is -3.21. The molecule has 1 aliphatic rings. The normalized spacial score (nSPS) is 16.7. The molecule has 0 saturated carbocycles. The van der Waals surface area contributed by atoms with Crippen LogP contribution in [-0.2, 0) is 11.3 Å². The highest BCUT2D eigenvalue weighted by atomic mass is 19.4. The van der Waals surface area contributed by atoms with E-state index in [1.54, 1.807) is 4.90 Å². The number of hydrogen-bond acceptors (Lipinski definition) is 4. The molecule has 0 atom stereocenters. The van der Waals surface area contributed by atoms with E-state index in [1.165, 1.54) is 6.92 Å². The van der Waals surface area contributed by atoms with Crippen molar-refractivity contribution in [2.75, 3.05) is 31.2 Å². The van der Waals surface area contributed by atoms with Crippen molar-refractivity contribution < 1.29 is 22.7 Å². The summed E-state index contributed by atoms with van der Waals surface area (Å²) >= 11 is 0. The Labute approximate surface area is 107 Å². The Morgan fingerprint density at radius 3 is 2.58 bits per heavy atom.